The lowest BCUT2D eigenvalue weighted by Crippen LogP contribution is -2.04. The number of nitrogens with zero attached hydrogens (tertiary/aromatic N) is 2. The maximum atomic E-state index is 13.3. The van der Waals surface area contributed by atoms with Crippen LogP contribution in [-0.2, 0) is 0 Å². The Labute approximate surface area is 120 Å². The number of nitrogens with one attached hydrogen (secondary N) is 1. The van der Waals surface area contributed by atoms with Crippen LogP contribution < -0.4 is 5.32 Å². The second kappa shape index (κ2) is 5.54. The lowest BCUT2D eigenvalue weighted by molar-refractivity contribution is 0.628. The zero-order chi connectivity index (χ0) is 13.9. The van der Waals surface area contributed by atoms with Gasteiger partial charge in [-0.2, -0.15) is 0 Å². The number of hydrogen-bond donors (Lipinski definition) is 1. The van der Waals surface area contributed by atoms with Crippen molar-refractivity contribution in [3.63, 3.8) is 0 Å². The van der Waals surface area contributed by atoms with Crippen molar-refractivity contribution in [2.75, 3.05) is 11.9 Å². The Morgan fingerprint density at radius 3 is 2.95 bits per heavy atom. The molecule has 3 rings (SSSR count). The molecule has 1 N–H and O–H groups in total. The van der Waals surface area contributed by atoms with Crippen LogP contribution in [0.25, 0.3) is 21.6 Å². The fourth-order valence-corrected chi connectivity index (χ4v) is 2.75. The van der Waals surface area contributed by atoms with E-state index >= 15 is 0 Å². The average Bonchev–Trinajstić information content (AvgIpc) is 2.93. The minimum atomic E-state index is -0.277. The minimum absolute atomic E-state index is 0.277. The van der Waals surface area contributed by atoms with E-state index in [1.807, 2.05) is 17.5 Å². The molecule has 0 aliphatic carbocycles. The zero-order valence-electron chi connectivity index (χ0n) is 11.1. The van der Waals surface area contributed by atoms with Gasteiger partial charge in [0.05, 0.1) is 5.39 Å². The van der Waals surface area contributed by atoms with Gasteiger partial charge in [-0.15, -0.1) is 11.3 Å². The third kappa shape index (κ3) is 2.49. The van der Waals surface area contributed by atoms with Gasteiger partial charge in [0.1, 0.15) is 16.5 Å². The smallest absolute Gasteiger partial charge is 0.163 e. The highest BCUT2D eigenvalue weighted by Gasteiger charge is 2.10. The van der Waals surface area contributed by atoms with E-state index in [4.69, 9.17) is 0 Å². The second-order valence-corrected chi connectivity index (χ2v) is 5.37. The molecule has 0 unspecified atom stereocenters. The molecule has 0 saturated carbocycles. The third-order valence-corrected chi connectivity index (χ3v) is 3.76. The first-order chi connectivity index (χ1) is 9.78. The molecule has 0 aliphatic heterocycles. The van der Waals surface area contributed by atoms with Gasteiger partial charge in [-0.3, -0.25) is 0 Å². The largest absolute Gasteiger partial charge is 0.369 e. The standard InChI is InChI=1S/C15H14FN3S/c1-2-7-17-14-12-6-8-20-15(12)19-13(18-14)10-4-3-5-11(16)9-10/h3-6,8-9H,2,7H2,1H3,(H,17,18,19). The molecule has 2 heterocycles. The van der Waals surface area contributed by atoms with E-state index in [9.17, 15) is 4.39 Å². The molecule has 0 fully saturated rings. The summed E-state index contributed by atoms with van der Waals surface area (Å²) in [6, 6.07) is 8.38. The van der Waals surface area contributed by atoms with Crippen molar-refractivity contribution in [2.24, 2.45) is 0 Å². The molecule has 20 heavy (non-hydrogen) atoms. The predicted octanol–water partition coefficient (Wildman–Crippen LogP) is 4.32. The first kappa shape index (κ1) is 13.0. The SMILES string of the molecule is CCCNc1nc(-c2cccc(F)c2)nc2sccc12. The summed E-state index contributed by atoms with van der Waals surface area (Å²) in [6.07, 6.45) is 1.02. The van der Waals surface area contributed by atoms with Crippen molar-refractivity contribution in [3.05, 3.63) is 41.5 Å². The number of halogens is 1. The summed E-state index contributed by atoms with van der Waals surface area (Å²) in [4.78, 5) is 9.97. The van der Waals surface area contributed by atoms with E-state index in [2.05, 4.69) is 22.2 Å². The molecule has 5 heteroatoms. The highest BCUT2D eigenvalue weighted by molar-refractivity contribution is 7.16. The van der Waals surface area contributed by atoms with Gasteiger partial charge in [0.25, 0.3) is 0 Å². The molecule has 0 spiro atoms. The Morgan fingerprint density at radius 2 is 2.15 bits per heavy atom. The van der Waals surface area contributed by atoms with E-state index in [-0.39, 0.29) is 5.82 Å². The summed E-state index contributed by atoms with van der Waals surface area (Å²) in [5.74, 6) is 1.09. The maximum Gasteiger partial charge on any atom is 0.163 e. The Balaban J connectivity index is 2.11. The number of fused-ring (bicyclic) bond motifs is 1. The monoisotopic (exact) mass is 287 g/mol. The molecule has 3 aromatic rings. The summed E-state index contributed by atoms with van der Waals surface area (Å²) in [6.45, 7) is 2.96. The first-order valence-corrected chi connectivity index (χ1v) is 7.41. The predicted molar refractivity (Wildman–Crippen MR) is 81.6 cm³/mol. The van der Waals surface area contributed by atoms with Crippen molar-refractivity contribution in [1.29, 1.82) is 0 Å². The van der Waals surface area contributed by atoms with Crippen molar-refractivity contribution >= 4 is 27.4 Å². The molecular weight excluding hydrogens is 273 g/mol. The number of aromatic nitrogens is 2. The van der Waals surface area contributed by atoms with Gasteiger partial charge >= 0.3 is 0 Å². The fraction of sp³-hybridized carbons (Fsp3) is 0.200. The van der Waals surface area contributed by atoms with Crippen LogP contribution in [0.3, 0.4) is 0 Å². The van der Waals surface area contributed by atoms with Crippen molar-refractivity contribution in [3.8, 4) is 11.4 Å². The van der Waals surface area contributed by atoms with Gasteiger partial charge in [-0.1, -0.05) is 19.1 Å². The van der Waals surface area contributed by atoms with Crippen LogP contribution in [0, 0.1) is 5.82 Å². The van der Waals surface area contributed by atoms with E-state index in [0.29, 0.717) is 11.4 Å². The summed E-state index contributed by atoms with van der Waals surface area (Å²) in [5.41, 5.74) is 0.694. The van der Waals surface area contributed by atoms with Crippen LogP contribution in [0.1, 0.15) is 13.3 Å². The van der Waals surface area contributed by atoms with Crippen molar-refractivity contribution in [1.82, 2.24) is 9.97 Å². The average molecular weight is 287 g/mol. The van der Waals surface area contributed by atoms with Crippen LogP contribution in [0.2, 0.25) is 0 Å². The summed E-state index contributed by atoms with van der Waals surface area (Å²) in [5, 5.41) is 6.32. The number of thiophene rings is 1. The van der Waals surface area contributed by atoms with Crippen LogP contribution >= 0.6 is 11.3 Å². The molecule has 0 amide bonds. The topological polar surface area (TPSA) is 37.8 Å². The number of hydrogen-bond acceptors (Lipinski definition) is 4. The van der Waals surface area contributed by atoms with E-state index in [1.54, 1.807) is 17.4 Å². The molecule has 0 radical (unpaired) electrons. The highest BCUT2D eigenvalue weighted by atomic mass is 32.1. The Morgan fingerprint density at radius 1 is 1.25 bits per heavy atom. The van der Waals surface area contributed by atoms with Gasteiger partial charge in [0, 0.05) is 12.1 Å². The highest BCUT2D eigenvalue weighted by Crippen LogP contribution is 2.28. The quantitative estimate of drug-likeness (QED) is 0.776. The Bertz CT molecular complexity index is 739. The number of rotatable bonds is 4. The summed E-state index contributed by atoms with van der Waals surface area (Å²) >= 11 is 1.56. The molecule has 3 nitrogen and oxygen atoms in total. The van der Waals surface area contributed by atoms with Crippen LogP contribution in [0.4, 0.5) is 10.2 Å². The number of anilines is 1. The lowest BCUT2D eigenvalue weighted by Gasteiger charge is -2.08. The third-order valence-electron chi connectivity index (χ3n) is 2.95. The summed E-state index contributed by atoms with van der Waals surface area (Å²) < 4.78 is 13.3. The molecule has 0 aliphatic rings. The normalized spacial score (nSPS) is 10.9. The van der Waals surface area contributed by atoms with E-state index in [1.165, 1.54) is 12.1 Å². The van der Waals surface area contributed by atoms with Crippen LogP contribution in [0.5, 0.6) is 0 Å². The summed E-state index contributed by atoms with van der Waals surface area (Å²) in [7, 11) is 0. The van der Waals surface area contributed by atoms with E-state index < -0.39 is 0 Å². The molecule has 0 saturated heterocycles. The van der Waals surface area contributed by atoms with Gasteiger partial charge in [0.15, 0.2) is 5.82 Å². The zero-order valence-corrected chi connectivity index (χ0v) is 11.9. The fourth-order valence-electron chi connectivity index (χ4n) is 1.99. The Hall–Kier alpha value is -2.01. The maximum absolute atomic E-state index is 13.3. The number of benzene rings is 1. The molecule has 2 aromatic heterocycles. The van der Waals surface area contributed by atoms with Gasteiger partial charge in [-0.05, 0) is 30.0 Å². The molecule has 102 valence electrons. The first-order valence-electron chi connectivity index (χ1n) is 6.53. The molecule has 0 atom stereocenters. The van der Waals surface area contributed by atoms with Gasteiger partial charge in [-0.25, -0.2) is 14.4 Å². The molecular formula is C15H14FN3S. The minimum Gasteiger partial charge on any atom is -0.369 e. The Kier molecular flexibility index (Phi) is 3.60. The van der Waals surface area contributed by atoms with Crippen molar-refractivity contribution in [2.45, 2.75) is 13.3 Å². The molecule has 0 bridgehead atoms. The van der Waals surface area contributed by atoms with Gasteiger partial charge in [0.2, 0.25) is 0 Å². The lowest BCUT2D eigenvalue weighted by atomic mass is 10.2. The van der Waals surface area contributed by atoms with E-state index in [0.717, 1.165) is 29.0 Å². The van der Waals surface area contributed by atoms with Crippen LogP contribution in [-0.4, -0.2) is 16.5 Å². The second-order valence-electron chi connectivity index (χ2n) is 4.47. The van der Waals surface area contributed by atoms with Crippen molar-refractivity contribution < 1.29 is 4.39 Å². The van der Waals surface area contributed by atoms with Crippen LogP contribution in [0.15, 0.2) is 35.7 Å². The molecule has 1 aromatic carbocycles. The van der Waals surface area contributed by atoms with Gasteiger partial charge < -0.3 is 5.32 Å².